The van der Waals surface area contributed by atoms with Crippen LogP contribution in [0.2, 0.25) is 5.02 Å². The van der Waals surface area contributed by atoms with E-state index in [-0.39, 0.29) is 25.0 Å². The monoisotopic (exact) mass is 457 g/mol. The van der Waals surface area contributed by atoms with Gasteiger partial charge in [-0.05, 0) is 36.8 Å². The second-order valence-corrected chi connectivity index (χ2v) is 8.09. The summed E-state index contributed by atoms with van der Waals surface area (Å²) in [5.41, 5.74) is 2.27. The summed E-state index contributed by atoms with van der Waals surface area (Å²) < 4.78 is 11.0. The number of carbonyl (C=O) groups is 2. The van der Waals surface area contributed by atoms with Gasteiger partial charge in [0.25, 0.3) is 11.8 Å². The van der Waals surface area contributed by atoms with E-state index in [0.717, 1.165) is 17.7 Å². The van der Waals surface area contributed by atoms with Crippen LogP contribution in [-0.4, -0.2) is 36.6 Å². The van der Waals surface area contributed by atoms with Crippen LogP contribution in [0.15, 0.2) is 47.8 Å². The third kappa shape index (κ3) is 4.81. The van der Waals surface area contributed by atoms with Crippen LogP contribution in [-0.2, 0) is 9.59 Å². The van der Waals surface area contributed by atoms with Gasteiger partial charge in [0.2, 0.25) is 0 Å². The molecule has 0 spiro atoms. The lowest BCUT2D eigenvalue weighted by Gasteiger charge is -2.29. The zero-order valence-corrected chi connectivity index (χ0v) is 18.3. The van der Waals surface area contributed by atoms with E-state index < -0.39 is 0 Å². The van der Waals surface area contributed by atoms with Gasteiger partial charge in [-0.2, -0.15) is 0 Å². The third-order valence-electron chi connectivity index (χ3n) is 4.59. The highest BCUT2D eigenvalue weighted by atomic mass is 35.5. The van der Waals surface area contributed by atoms with E-state index in [2.05, 4.69) is 10.3 Å². The van der Waals surface area contributed by atoms with E-state index in [1.165, 1.54) is 11.3 Å². The first kappa shape index (κ1) is 21.1. The largest absolute Gasteiger partial charge is 0.482 e. The van der Waals surface area contributed by atoms with Gasteiger partial charge in [0.1, 0.15) is 11.5 Å². The van der Waals surface area contributed by atoms with Crippen molar-refractivity contribution in [2.75, 3.05) is 30.0 Å². The van der Waals surface area contributed by atoms with Gasteiger partial charge in [-0.15, -0.1) is 11.3 Å². The maximum atomic E-state index is 12.2. The number of thiazole rings is 1. The van der Waals surface area contributed by atoms with Crippen molar-refractivity contribution in [3.05, 3.63) is 52.9 Å². The molecular formula is C22H20ClN3O4S. The zero-order valence-electron chi connectivity index (χ0n) is 16.8. The number of nitrogens with zero attached hydrogens (tertiary/aromatic N) is 2. The van der Waals surface area contributed by atoms with Crippen molar-refractivity contribution in [1.82, 2.24) is 4.98 Å². The molecule has 9 heteroatoms. The number of anilines is 2. The van der Waals surface area contributed by atoms with Gasteiger partial charge in [-0.3, -0.25) is 14.9 Å². The Morgan fingerprint density at radius 1 is 1.32 bits per heavy atom. The Morgan fingerprint density at radius 2 is 2.16 bits per heavy atom. The number of benzene rings is 2. The first-order valence-electron chi connectivity index (χ1n) is 9.75. The van der Waals surface area contributed by atoms with Gasteiger partial charge in [-0.25, -0.2) is 4.98 Å². The summed E-state index contributed by atoms with van der Waals surface area (Å²) in [5, 5.41) is 5.48. The predicted molar refractivity (Wildman–Crippen MR) is 121 cm³/mol. The number of aromatic nitrogens is 1. The second-order valence-electron chi connectivity index (χ2n) is 6.82. The summed E-state index contributed by atoms with van der Waals surface area (Å²) in [6, 6.07) is 12.6. The van der Waals surface area contributed by atoms with Crippen molar-refractivity contribution < 1.29 is 19.1 Å². The molecule has 7 nitrogen and oxygen atoms in total. The zero-order chi connectivity index (χ0) is 21.8. The average molecular weight is 458 g/mol. The fourth-order valence-electron chi connectivity index (χ4n) is 3.15. The van der Waals surface area contributed by atoms with Crippen molar-refractivity contribution >= 4 is 45.6 Å². The van der Waals surface area contributed by atoms with Crippen molar-refractivity contribution in [3.8, 4) is 22.8 Å². The van der Waals surface area contributed by atoms with Gasteiger partial charge < -0.3 is 14.4 Å². The molecule has 2 heterocycles. The van der Waals surface area contributed by atoms with Crippen LogP contribution in [0, 0.1) is 0 Å². The number of carbonyl (C=O) groups excluding carboxylic acids is 2. The SMILES string of the molecule is CCCN1C(=O)COc2ccc(-c3csc(NC(=O)COc4ccccc4Cl)n3)cc21. The molecule has 2 amide bonds. The van der Waals surface area contributed by atoms with Gasteiger partial charge >= 0.3 is 0 Å². The molecule has 0 bridgehead atoms. The van der Waals surface area contributed by atoms with Gasteiger partial charge in [0.05, 0.1) is 16.4 Å². The molecule has 3 aromatic rings. The number of fused-ring (bicyclic) bond motifs is 1. The summed E-state index contributed by atoms with van der Waals surface area (Å²) in [7, 11) is 0. The van der Waals surface area contributed by atoms with Crippen molar-refractivity contribution in [2.24, 2.45) is 0 Å². The Labute approximate surface area is 188 Å². The number of para-hydroxylation sites is 1. The van der Waals surface area contributed by atoms with E-state index >= 15 is 0 Å². The summed E-state index contributed by atoms with van der Waals surface area (Å²) in [6.45, 7) is 2.53. The van der Waals surface area contributed by atoms with Crippen molar-refractivity contribution in [1.29, 1.82) is 0 Å². The molecule has 1 aliphatic rings. The van der Waals surface area contributed by atoms with Gasteiger partial charge in [0, 0.05) is 17.5 Å². The Hall–Kier alpha value is -3.10. The number of nitrogens with one attached hydrogen (secondary N) is 1. The topological polar surface area (TPSA) is 80.8 Å². The molecule has 0 saturated carbocycles. The standard InChI is InChI=1S/C22H20ClN3O4S/c1-2-9-26-17-10-14(7-8-19(17)30-12-21(26)28)16-13-31-22(24-16)25-20(27)11-29-18-6-4-3-5-15(18)23/h3-8,10,13H,2,9,11-12H2,1H3,(H,24,25,27). The number of hydrogen-bond donors (Lipinski definition) is 1. The van der Waals surface area contributed by atoms with E-state index in [4.69, 9.17) is 21.1 Å². The minimum atomic E-state index is -0.334. The molecule has 2 aromatic carbocycles. The minimum Gasteiger partial charge on any atom is -0.482 e. The van der Waals surface area contributed by atoms with Crippen LogP contribution in [0.25, 0.3) is 11.3 Å². The summed E-state index contributed by atoms with van der Waals surface area (Å²) in [5.74, 6) is 0.731. The Balaban J connectivity index is 1.44. The lowest BCUT2D eigenvalue weighted by molar-refractivity contribution is -0.121. The quantitative estimate of drug-likeness (QED) is 0.560. The molecule has 1 aromatic heterocycles. The number of hydrogen-bond acceptors (Lipinski definition) is 6. The van der Waals surface area contributed by atoms with Crippen LogP contribution in [0.5, 0.6) is 11.5 Å². The molecular weight excluding hydrogens is 438 g/mol. The summed E-state index contributed by atoms with van der Waals surface area (Å²) in [4.78, 5) is 30.7. The highest BCUT2D eigenvalue weighted by Crippen LogP contribution is 2.37. The molecule has 0 fully saturated rings. The van der Waals surface area contributed by atoms with Crippen LogP contribution < -0.4 is 19.7 Å². The minimum absolute atomic E-state index is 0.0511. The smallest absolute Gasteiger partial charge is 0.265 e. The maximum absolute atomic E-state index is 12.2. The summed E-state index contributed by atoms with van der Waals surface area (Å²) in [6.07, 6.45) is 0.846. The molecule has 0 unspecified atom stereocenters. The fourth-order valence-corrected chi connectivity index (χ4v) is 4.08. The Bertz CT molecular complexity index is 1120. The summed E-state index contributed by atoms with van der Waals surface area (Å²) >= 11 is 7.34. The molecule has 1 N–H and O–H groups in total. The molecule has 0 atom stereocenters. The lowest BCUT2D eigenvalue weighted by Crippen LogP contribution is -2.39. The molecule has 1 aliphatic heterocycles. The fraction of sp³-hybridized carbons (Fsp3) is 0.227. The van der Waals surface area contributed by atoms with Crippen LogP contribution in [0.1, 0.15) is 13.3 Å². The molecule has 4 rings (SSSR count). The number of amides is 2. The Morgan fingerprint density at radius 3 is 2.97 bits per heavy atom. The molecule has 160 valence electrons. The molecule has 0 saturated heterocycles. The predicted octanol–water partition coefficient (Wildman–Crippen LogP) is 4.62. The number of ether oxygens (including phenoxy) is 2. The highest BCUT2D eigenvalue weighted by Gasteiger charge is 2.25. The first-order valence-corrected chi connectivity index (χ1v) is 11.0. The molecule has 0 radical (unpaired) electrons. The normalized spacial score (nSPS) is 12.8. The van der Waals surface area contributed by atoms with Gasteiger partial charge in [0.15, 0.2) is 18.3 Å². The average Bonchev–Trinajstić information content (AvgIpc) is 3.23. The third-order valence-corrected chi connectivity index (χ3v) is 5.66. The highest BCUT2D eigenvalue weighted by molar-refractivity contribution is 7.14. The van der Waals surface area contributed by atoms with Crippen LogP contribution in [0.4, 0.5) is 10.8 Å². The van der Waals surface area contributed by atoms with E-state index in [1.807, 2.05) is 30.5 Å². The lowest BCUT2D eigenvalue weighted by atomic mass is 10.1. The second kappa shape index (κ2) is 9.36. The van der Waals surface area contributed by atoms with Gasteiger partial charge in [-0.1, -0.05) is 30.7 Å². The molecule has 31 heavy (non-hydrogen) atoms. The van der Waals surface area contributed by atoms with Crippen molar-refractivity contribution in [3.63, 3.8) is 0 Å². The maximum Gasteiger partial charge on any atom is 0.265 e. The van der Waals surface area contributed by atoms with E-state index in [9.17, 15) is 9.59 Å². The van der Waals surface area contributed by atoms with Crippen molar-refractivity contribution in [2.45, 2.75) is 13.3 Å². The van der Waals surface area contributed by atoms with E-state index in [0.29, 0.717) is 33.9 Å². The number of halogens is 1. The molecule has 0 aliphatic carbocycles. The van der Waals surface area contributed by atoms with E-state index in [1.54, 1.807) is 29.2 Å². The first-order chi connectivity index (χ1) is 15.0. The van der Waals surface area contributed by atoms with Crippen LogP contribution in [0.3, 0.4) is 0 Å². The number of rotatable bonds is 7. The Kier molecular flexibility index (Phi) is 6.39. The van der Waals surface area contributed by atoms with Crippen LogP contribution >= 0.6 is 22.9 Å².